The lowest BCUT2D eigenvalue weighted by Gasteiger charge is -2.24. The number of Topliss-reactive ketones (excluding diaryl/α,β-unsaturated/α-hetero) is 1. The molecule has 0 radical (unpaired) electrons. The van der Waals surface area contributed by atoms with Crippen molar-refractivity contribution < 1.29 is 33.4 Å². The Labute approximate surface area is 234 Å². The number of hydrogen-bond donors (Lipinski definition) is 3. The van der Waals surface area contributed by atoms with E-state index >= 15 is 0 Å². The average molecular weight is 560 g/mol. The Morgan fingerprint density at radius 1 is 1.02 bits per heavy atom. The summed E-state index contributed by atoms with van der Waals surface area (Å²) in [5.74, 6) is -3.24. The van der Waals surface area contributed by atoms with Crippen LogP contribution in [0.5, 0.6) is 0 Å². The Morgan fingerprint density at radius 3 is 2.23 bits per heavy atom. The summed E-state index contributed by atoms with van der Waals surface area (Å²) in [6.07, 6.45) is -0.206. The Hall–Kier alpha value is -3.21. The van der Waals surface area contributed by atoms with Gasteiger partial charge in [0.15, 0.2) is 5.78 Å². The SMILES string of the molecule is CCCN(CCC)C(=O)c1cc(C)cc(C(=O)N[C@@H](Cc2cc(F)cc(F)c2)C(=O)C(O)CN2CCC(O)C2)c1. The molecule has 10 heteroatoms. The molecule has 218 valence electrons. The third-order valence-electron chi connectivity index (χ3n) is 6.88. The molecule has 1 saturated heterocycles. The first-order chi connectivity index (χ1) is 19.0. The molecule has 3 rings (SSSR count). The molecule has 2 amide bonds. The number of halogens is 2. The molecule has 0 saturated carbocycles. The number of hydrogen-bond acceptors (Lipinski definition) is 6. The number of carbonyl (C=O) groups is 3. The molecule has 0 aliphatic carbocycles. The summed E-state index contributed by atoms with van der Waals surface area (Å²) in [6.45, 7) is 7.63. The molecule has 0 spiro atoms. The van der Waals surface area contributed by atoms with Crippen molar-refractivity contribution in [2.45, 2.75) is 64.7 Å². The van der Waals surface area contributed by atoms with Crippen LogP contribution in [-0.2, 0) is 11.2 Å². The fourth-order valence-electron chi connectivity index (χ4n) is 5.05. The topological polar surface area (TPSA) is 110 Å². The van der Waals surface area contributed by atoms with E-state index in [1.165, 1.54) is 6.07 Å². The molecule has 1 fully saturated rings. The van der Waals surface area contributed by atoms with E-state index in [2.05, 4.69) is 5.32 Å². The van der Waals surface area contributed by atoms with Crippen molar-refractivity contribution in [1.82, 2.24) is 15.1 Å². The molecule has 3 atom stereocenters. The molecular weight excluding hydrogens is 520 g/mol. The second-order valence-electron chi connectivity index (χ2n) is 10.5. The number of aliphatic hydroxyl groups excluding tert-OH is 2. The average Bonchev–Trinajstić information content (AvgIpc) is 3.30. The smallest absolute Gasteiger partial charge is 0.253 e. The zero-order valence-electron chi connectivity index (χ0n) is 23.3. The van der Waals surface area contributed by atoms with Crippen LogP contribution < -0.4 is 5.32 Å². The molecule has 40 heavy (non-hydrogen) atoms. The summed E-state index contributed by atoms with van der Waals surface area (Å²) in [5, 5.41) is 23.1. The number of likely N-dealkylation sites (tertiary alicyclic amines) is 1. The number of carbonyl (C=O) groups excluding carboxylic acids is 3. The van der Waals surface area contributed by atoms with Crippen molar-refractivity contribution >= 4 is 17.6 Å². The van der Waals surface area contributed by atoms with Gasteiger partial charge in [0.05, 0.1) is 12.1 Å². The highest BCUT2D eigenvalue weighted by molar-refractivity contribution is 6.02. The van der Waals surface area contributed by atoms with Crippen molar-refractivity contribution in [3.8, 4) is 0 Å². The van der Waals surface area contributed by atoms with Crippen LogP contribution in [0.25, 0.3) is 0 Å². The number of aliphatic hydroxyl groups is 2. The molecule has 1 heterocycles. The summed E-state index contributed by atoms with van der Waals surface area (Å²) in [7, 11) is 0. The van der Waals surface area contributed by atoms with Gasteiger partial charge in [-0.05, 0) is 67.6 Å². The van der Waals surface area contributed by atoms with E-state index in [1.54, 1.807) is 28.9 Å². The molecule has 0 bridgehead atoms. The highest BCUT2D eigenvalue weighted by Gasteiger charge is 2.31. The van der Waals surface area contributed by atoms with Crippen LogP contribution in [0.2, 0.25) is 0 Å². The van der Waals surface area contributed by atoms with Gasteiger partial charge in [0.1, 0.15) is 17.7 Å². The van der Waals surface area contributed by atoms with Crippen LogP contribution in [0.4, 0.5) is 8.78 Å². The third kappa shape index (κ3) is 8.64. The van der Waals surface area contributed by atoms with Crippen LogP contribution in [0.3, 0.4) is 0 Å². The van der Waals surface area contributed by atoms with E-state index in [9.17, 15) is 33.4 Å². The summed E-state index contributed by atoms with van der Waals surface area (Å²) < 4.78 is 27.8. The standard InChI is InChI=1S/C30H39F2N3O5/c1-4-7-35(8-5-2)30(40)22-11-19(3)10-21(15-22)29(39)33-26(14-20-12-23(31)16-24(32)13-20)28(38)27(37)18-34-9-6-25(36)17-34/h10-13,15-16,25-27,36-37H,4-9,14,17-18H2,1-3H3,(H,33,39)/t25?,26-,27?/m0/s1. The first-order valence-electron chi connectivity index (χ1n) is 13.8. The molecule has 2 unspecified atom stereocenters. The number of β-amino-alcohol motifs (C(OH)–C–C–N with tert-alkyl or cyclic N) is 2. The maximum atomic E-state index is 13.9. The lowest BCUT2D eigenvalue weighted by Crippen LogP contribution is -2.49. The van der Waals surface area contributed by atoms with E-state index in [1.807, 2.05) is 13.8 Å². The first-order valence-corrected chi connectivity index (χ1v) is 13.8. The molecule has 2 aromatic rings. The van der Waals surface area contributed by atoms with Gasteiger partial charge in [0, 0.05) is 56.3 Å². The molecule has 0 aromatic heterocycles. The zero-order valence-corrected chi connectivity index (χ0v) is 23.3. The lowest BCUT2D eigenvalue weighted by molar-refractivity contribution is -0.129. The van der Waals surface area contributed by atoms with Gasteiger partial charge in [0.2, 0.25) is 0 Å². The van der Waals surface area contributed by atoms with Crippen molar-refractivity contribution in [3.05, 3.63) is 70.3 Å². The molecule has 2 aromatic carbocycles. The Kier molecular flexibility index (Phi) is 11.3. The lowest BCUT2D eigenvalue weighted by atomic mass is 9.97. The quantitative estimate of drug-likeness (QED) is 0.348. The number of benzene rings is 2. The third-order valence-corrected chi connectivity index (χ3v) is 6.88. The fourth-order valence-corrected chi connectivity index (χ4v) is 5.05. The maximum absolute atomic E-state index is 13.9. The maximum Gasteiger partial charge on any atom is 0.253 e. The first kappa shape index (κ1) is 31.3. The predicted octanol–water partition coefficient (Wildman–Crippen LogP) is 2.87. The number of rotatable bonds is 13. The summed E-state index contributed by atoms with van der Waals surface area (Å²) >= 11 is 0. The summed E-state index contributed by atoms with van der Waals surface area (Å²) in [6, 6.07) is 6.29. The highest BCUT2D eigenvalue weighted by atomic mass is 19.1. The molecule has 8 nitrogen and oxygen atoms in total. The van der Waals surface area contributed by atoms with Gasteiger partial charge in [0.25, 0.3) is 11.8 Å². The zero-order chi connectivity index (χ0) is 29.4. The van der Waals surface area contributed by atoms with Crippen molar-refractivity contribution in [3.63, 3.8) is 0 Å². The summed E-state index contributed by atoms with van der Waals surface area (Å²) in [5.41, 5.74) is 1.30. The van der Waals surface area contributed by atoms with Gasteiger partial charge in [-0.3, -0.25) is 19.3 Å². The Balaban J connectivity index is 1.85. The minimum Gasteiger partial charge on any atom is -0.392 e. The van der Waals surface area contributed by atoms with E-state index in [-0.39, 0.29) is 30.0 Å². The van der Waals surface area contributed by atoms with Gasteiger partial charge in [-0.15, -0.1) is 0 Å². The molecule has 1 aliphatic rings. The molecule has 1 aliphatic heterocycles. The minimum absolute atomic E-state index is 0.0481. The number of ketones is 1. The van der Waals surface area contributed by atoms with E-state index in [4.69, 9.17) is 0 Å². The van der Waals surface area contributed by atoms with Crippen LogP contribution in [-0.4, -0.2) is 88.6 Å². The van der Waals surface area contributed by atoms with Crippen LogP contribution in [0, 0.1) is 18.6 Å². The largest absolute Gasteiger partial charge is 0.392 e. The summed E-state index contributed by atoms with van der Waals surface area (Å²) in [4.78, 5) is 43.4. The Bertz CT molecular complexity index is 1180. The fraction of sp³-hybridized carbons (Fsp3) is 0.500. The highest BCUT2D eigenvalue weighted by Crippen LogP contribution is 2.17. The number of nitrogens with zero attached hydrogens (tertiary/aromatic N) is 2. The van der Waals surface area contributed by atoms with Gasteiger partial charge in [-0.25, -0.2) is 8.78 Å². The second-order valence-corrected chi connectivity index (χ2v) is 10.5. The van der Waals surface area contributed by atoms with Crippen molar-refractivity contribution in [2.75, 3.05) is 32.7 Å². The van der Waals surface area contributed by atoms with Crippen molar-refractivity contribution in [1.29, 1.82) is 0 Å². The van der Waals surface area contributed by atoms with Gasteiger partial charge in [-0.1, -0.05) is 13.8 Å². The Morgan fingerprint density at radius 2 is 1.65 bits per heavy atom. The monoisotopic (exact) mass is 559 g/mol. The van der Waals surface area contributed by atoms with E-state index < -0.39 is 41.6 Å². The second kappa shape index (κ2) is 14.4. The van der Waals surface area contributed by atoms with Crippen molar-refractivity contribution in [2.24, 2.45) is 0 Å². The van der Waals surface area contributed by atoms with Crippen LogP contribution in [0.15, 0.2) is 36.4 Å². The van der Waals surface area contributed by atoms with Gasteiger partial charge >= 0.3 is 0 Å². The normalized spacial score (nSPS) is 16.9. The number of aryl methyl sites for hydroxylation is 1. The number of nitrogens with one attached hydrogen (secondary N) is 1. The van der Waals surface area contributed by atoms with E-state index in [0.717, 1.165) is 25.0 Å². The molecule has 3 N–H and O–H groups in total. The van der Waals surface area contributed by atoms with Crippen LogP contribution in [0.1, 0.15) is 65.0 Å². The number of amides is 2. The van der Waals surface area contributed by atoms with Gasteiger partial charge in [-0.2, -0.15) is 0 Å². The predicted molar refractivity (Wildman–Crippen MR) is 147 cm³/mol. The van der Waals surface area contributed by atoms with Gasteiger partial charge < -0.3 is 20.4 Å². The molecular formula is C30H39F2N3O5. The minimum atomic E-state index is -1.50. The van der Waals surface area contributed by atoms with Crippen LogP contribution >= 0.6 is 0 Å². The van der Waals surface area contributed by atoms with E-state index in [0.29, 0.717) is 49.8 Å².